The Morgan fingerprint density at radius 2 is 2.00 bits per heavy atom. The van der Waals surface area contributed by atoms with Gasteiger partial charge in [0.05, 0.1) is 6.10 Å². The van der Waals surface area contributed by atoms with E-state index in [1.165, 1.54) is 6.42 Å². The quantitative estimate of drug-likeness (QED) is 0.575. The lowest BCUT2D eigenvalue weighted by atomic mass is 10.1. The molecule has 0 aliphatic rings. The standard InChI is InChI=1S/C10H23NO/c1-4-9(2)8-11-7-5-6-10(3)12/h9-12H,4-8H2,1-3H3. The summed E-state index contributed by atoms with van der Waals surface area (Å²) in [4.78, 5) is 0. The highest BCUT2D eigenvalue weighted by Gasteiger charge is 1.98. The SMILES string of the molecule is CCC(C)CNCCCC(C)O. The molecule has 0 spiro atoms. The van der Waals surface area contributed by atoms with E-state index in [1.807, 2.05) is 6.92 Å². The van der Waals surface area contributed by atoms with Crippen LogP contribution in [0.2, 0.25) is 0 Å². The predicted octanol–water partition coefficient (Wildman–Crippen LogP) is 1.78. The molecule has 0 aliphatic heterocycles. The Bertz CT molecular complexity index is 93.8. The first kappa shape index (κ1) is 11.9. The zero-order chi connectivity index (χ0) is 9.40. The van der Waals surface area contributed by atoms with Gasteiger partial charge in [0.1, 0.15) is 0 Å². The minimum absolute atomic E-state index is 0.143. The van der Waals surface area contributed by atoms with Crippen molar-refractivity contribution in [3.63, 3.8) is 0 Å². The van der Waals surface area contributed by atoms with Crippen LogP contribution in [-0.4, -0.2) is 24.3 Å². The minimum atomic E-state index is -0.143. The molecule has 0 aromatic heterocycles. The zero-order valence-corrected chi connectivity index (χ0v) is 8.64. The molecule has 2 heteroatoms. The molecule has 0 aromatic rings. The summed E-state index contributed by atoms with van der Waals surface area (Å²) >= 11 is 0. The molecule has 0 bridgehead atoms. The summed E-state index contributed by atoms with van der Waals surface area (Å²) in [6, 6.07) is 0. The van der Waals surface area contributed by atoms with Gasteiger partial charge in [-0.3, -0.25) is 0 Å². The van der Waals surface area contributed by atoms with Crippen molar-refractivity contribution < 1.29 is 5.11 Å². The molecule has 12 heavy (non-hydrogen) atoms. The van der Waals surface area contributed by atoms with Gasteiger partial charge in [-0.25, -0.2) is 0 Å². The van der Waals surface area contributed by atoms with Crippen LogP contribution in [-0.2, 0) is 0 Å². The fourth-order valence-electron chi connectivity index (χ4n) is 1.02. The van der Waals surface area contributed by atoms with Gasteiger partial charge < -0.3 is 10.4 Å². The number of hydrogen-bond donors (Lipinski definition) is 2. The first-order chi connectivity index (χ1) is 5.66. The predicted molar refractivity (Wildman–Crippen MR) is 53.2 cm³/mol. The van der Waals surface area contributed by atoms with Crippen LogP contribution < -0.4 is 5.32 Å². The van der Waals surface area contributed by atoms with Crippen LogP contribution in [0.3, 0.4) is 0 Å². The summed E-state index contributed by atoms with van der Waals surface area (Å²) in [6.07, 6.45) is 3.08. The Kier molecular flexibility index (Phi) is 7.51. The van der Waals surface area contributed by atoms with Gasteiger partial charge in [0.15, 0.2) is 0 Å². The molecular formula is C10H23NO. The summed E-state index contributed by atoms with van der Waals surface area (Å²) in [6.45, 7) is 8.45. The van der Waals surface area contributed by atoms with Crippen molar-refractivity contribution in [2.75, 3.05) is 13.1 Å². The van der Waals surface area contributed by atoms with E-state index in [0.717, 1.165) is 31.8 Å². The maximum absolute atomic E-state index is 8.98. The monoisotopic (exact) mass is 173 g/mol. The molecule has 0 aromatic carbocycles. The second-order valence-corrected chi connectivity index (χ2v) is 3.71. The highest BCUT2D eigenvalue weighted by molar-refractivity contribution is 4.56. The van der Waals surface area contributed by atoms with Crippen molar-refractivity contribution in [1.82, 2.24) is 5.32 Å². The maximum Gasteiger partial charge on any atom is 0.0512 e. The maximum atomic E-state index is 8.98. The summed E-state index contributed by atoms with van der Waals surface area (Å²) in [7, 11) is 0. The van der Waals surface area contributed by atoms with Crippen LogP contribution in [0.15, 0.2) is 0 Å². The van der Waals surface area contributed by atoms with Gasteiger partial charge >= 0.3 is 0 Å². The summed E-state index contributed by atoms with van der Waals surface area (Å²) in [5, 5.41) is 12.4. The molecule has 2 atom stereocenters. The van der Waals surface area contributed by atoms with Crippen molar-refractivity contribution in [2.24, 2.45) is 5.92 Å². The highest BCUT2D eigenvalue weighted by atomic mass is 16.3. The van der Waals surface area contributed by atoms with E-state index in [-0.39, 0.29) is 6.10 Å². The van der Waals surface area contributed by atoms with E-state index < -0.39 is 0 Å². The van der Waals surface area contributed by atoms with Crippen molar-refractivity contribution >= 4 is 0 Å². The van der Waals surface area contributed by atoms with E-state index in [4.69, 9.17) is 5.11 Å². The smallest absolute Gasteiger partial charge is 0.0512 e. The number of hydrogen-bond acceptors (Lipinski definition) is 2. The van der Waals surface area contributed by atoms with Gasteiger partial charge in [0.25, 0.3) is 0 Å². The summed E-state index contributed by atoms with van der Waals surface area (Å²) in [5.74, 6) is 0.775. The average Bonchev–Trinajstić information content (AvgIpc) is 2.03. The number of rotatable bonds is 7. The van der Waals surface area contributed by atoms with Crippen LogP contribution in [0.4, 0.5) is 0 Å². The van der Waals surface area contributed by atoms with Gasteiger partial charge in [0, 0.05) is 0 Å². The molecule has 0 fully saturated rings. The Balaban J connectivity index is 3.00. The lowest BCUT2D eigenvalue weighted by Gasteiger charge is -2.10. The largest absolute Gasteiger partial charge is 0.393 e. The molecule has 74 valence electrons. The Labute approximate surface area is 76.4 Å². The third-order valence-corrected chi connectivity index (χ3v) is 2.17. The van der Waals surface area contributed by atoms with E-state index in [2.05, 4.69) is 19.2 Å². The second-order valence-electron chi connectivity index (χ2n) is 3.71. The fourth-order valence-corrected chi connectivity index (χ4v) is 1.02. The van der Waals surface area contributed by atoms with Gasteiger partial charge in [-0.2, -0.15) is 0 Å². The Morgan fingerprint density at radius 3 is 2.50 bits per heavy atom. The van der Waals surface area contributed by atoms with Crippen LogP contribution in [0, 0.1) is 5.92 Å². The van der Waals surface area contributed by atoms with E-state index in [9.17, 15) is 0 Å². The molecule has 0 radical (unpaired) electrons. The molecule has 0 saturated carbocycles. The van der Waals surface area contributed by atoms with E-state index in [1.54, 1.807) is 0 Å². The van der Waals surface area contributed by atoms with Gasteiger partial charge in [0.2, 0.25) is 0 Å². The lowest BCUT2D eigenvalue weighted by Crippen LogP contribution is -2.22. The van der Waals surface area contributed by atoms with Gasteiger partial charge in [-0.1, -0.05) is 20.3 Å². The number of nitrogens with one attached hydrogen (secondary N) is 1. The van der Waals surface area contributed by atoms with Crippen LogP contribution in [0.1, 0.15) is 40.0 Å². The summed E-state index contributed by atoms with van der Waals surface area (Å²) < 4.78 is 0. The normalized spacial score (nSPS) is 16.0. The lowest BCUT2D eigenvalue weighted by molar-refractivity contribution is 0.181. The van der Waals surface area contributed by atoms with Crippen molar-refractivity contribution in [3.05, 3.63) is 0 Å². The molecule has 2 nitrogen and oxygen atoms in total. The third kappa shape index (κ3) is 8.02. The minimum Gasteiger partial charge on any atom is -0.393 e. The zero-order valence-electron chi connectivity index (χ0n) is 8.64. The molecule has 0 aliphatic carbocycles. The average molecular weight is 173 g/mol. The Hall–Kier alpha value is -0.0800. The van der Waals surface area contributed by atoms with Crippen molar-refractivity contribution in [3.8, 4) is 0 Å². The third-order valence-electron chi connectivity index (χ3n) is 2.17. The van der Waals surface area contributed by atoms with Crippen molar-refractivity contribution in [1.29, 1.82) is 0 Å². The molecule has 2 unspecified atom stereocenters. The molecular weight excluding hydrogens is 150 g/mol. The van der Waals surface area contributed by atoms with Crippen LogP contribution >= 0.6 is 0 Å². The van der Waals surface area contributed by atoms with Gasteiger partial charge in [-0.15, -0.1) is 0 Å². The highest BCUT2D eigenvalue weighted by Crippen LogP contribution is 1.98. The Morgan fingerprint density at radius 1 is 1.33 bits per heavy atom. The van der Waals surface area contributed by atoms with E-state index >= 15 is 0 Å². The van der Waals surface area contributed by atoms with Crippen molar-refractivity contribution in [2.45, 2.75) is 46.1 Å². The second kappa shape index (κ2) is 7.56. The van der Waals surface area contributed by atoms with Gasteiger partial charge in [-0.05, 0) is 38.8 Å². The van der Waals surface area contributed by atoms with E-state index in [0.29, 0.717) is 0 Å². The topological polar surface area (TPSA) is 32.3 Å². The number of aliphatic hydroxyl groups excluding tert-OH is 1. The molecule has 0 heterocycles. The molecule has 0 saturated heterocycles. The first-order valence-corrected chi connectivity index (χ1v) is 5.05. The summed E-state index contributed by atoms with van der Waals surface area (Å²) in [5.41, 5.74) is 0. The fraction of sp³-hybridized carbons (Fsp3) is 1.00. The molecule has 0 rings (SSSR count). The molecule has 2 N–H and O–H groups in total. The number of aliphatic hydroxyl groups is 1. The van der Waals surface area contributed by atoms with Crippen LogP contribution in [0.25, 0.3) is 0 Å². The van der Waals surface area contributed by atoms with Crippen LogP contribution in [0.5, 0.6) is 0 Å². The molecule has 0 amide bonds. The first-order valence-electron chi connectivity index (χ1n) is 5.05.